The zero-order chi connectivity index (χ0) is 21.1. The molecule has 2 aliphatic carbocycles. The summed E-state index contributed by atoms with van der Waals surface area (Å²) in [6.45, 7) is 8.30. The largest absolute Gasteiger partial charge is 0.449 e. The molecule has 0 bridgehead atoms. The van der Waals surface area contributed by atoms with Gasteiger partial charge in [-0.3, -0.25) is 19.2 Å². The van der Waals surface area contributed by atoms with Crippen LogP contribution >= 0.6 is 0 Å². The highest BCUT2D eigenvalue weighted by atomic mass is 28.4. The van der Waals surface area contributed by atoms with Gasteiger partial charge in [0.15, 0.2) is 23.1 Å². The lowest BCUT2D eigenvalue weighted by Gasteiger charge is -2.35. The molecule has 0 radical (unpaired) electrons. The fourth-order valence-electron chi connectivity index (χ4n) is 4.21. The minimum absolute atomic E-state index is 0.0518. The van der Waals surface area contributed by atoms with E-state index in [4.69, 9.17) is 4.12 Å². The Morgan fingerprint density at radius 2 is 0.931 bits per heavy atom. The second kappa shape index (κ2) is 6.51. The summed E-state index contributed by atoms with van der Waals surface area (Å²) in [7, 11) is -4.80. The van der Waals surface area contributed by atoms with Gasteiger partial charge in [-0.25, -0.2) is 0 Å². The summed E-state index contributed by atoms with van der Waals surface area (Å²) in [6, 6.07) is 10.9. The number of fused-ring (bicyclic) bond motifs is 2. The highest BCUT2D eigenvalue weighted by Gasteiger charge is 2.39. The highest BCUT2D eigenvalue weighted by molar-refractivity contribution is 6.97. The Labute approximate surface area is 171 Å². The van der Waals surface area contributed by atoms with Crippen molar-refractivity contribution >= 4 is 50.1 Å². The fourth-order valence-corrected chi connectivity index (χ4v) is 12.2. The number of hydrogen-bond donors (Lipinski definition) is 0. The standard InChI is InChI=1S/C22H22O5Si2/c1-28(2,13-5-7-15-17(9-13)21(25)11-19(15)23)27-29(3,4)14-6-8-16-18(10-14)22(26)12-20(16)24/h5-10H,11-12H2,1-4H3. The van der Waals surface area contributed by atoms with Gasteiger partial charge in [-0.1, -0.05) is 24.3 Å². The van der Waals surface area contributed by atoms with Gasteiger partial charge < -0.3 is 4.12 Å². The van der Waals surface area contributed by atoms with Gasteiger partial charge in [0.25, 0.3) is 0 Å². The minimum atomic E-state index is -2.40. The number of carbonyl (C=O) groups excluding carboxylic acids is 4. The summed E-state index contributed by atoms with van der Waals surface area (Å²) < 4.78 is 6.73. The molecule has 0 N–H and O–H groups in total. The van der Waals surface area contributed by atoms with Crippen molar-refractivity contribution in [2.75, 3.05) is 0 Å². The van der Waals surface area contributed by atoms with Crippen LogP contribution in [0.3, 0.4) is 0 Å². The lowest BCUT2D eigenvalue weighted by molar-refractivity contribution is 0.0906. The van der Waals surface area contributed by atoms with Gasteiger partial charge in [-0.2, -0.15) is 0 Å². The first-order valence-electron chi connectivity index (χ1n) is 9.62. The molecule has 29 heavy (non-hydrogen) atoms. The van der Waals surface area contributed by atoms with Gasteiger partial charge in [-0.15, -0.1) is 0 Å². The average Bonchev–Trinajstić information content (AvgIpc) is 3.09. The predicted molar refractivity (Wildman–Crippen MR) is 115 cm³/mol. The third kappa shape index (κ3) is 3.29. The number of benzene rings is 2. The van der Waals surface area contributed by atoms with E-state index in [0.717, 1.165) is 10.4 Å². The maximum Gasteiger partial charge on any atom is 0.206 e. The van der Waals surface area contributed by atoms with Crippen LogP contribution in [0, 0.1) is 0 Å². The fraction of sp³-hybridized carbons (Fsp3) is 0.273. The van der Waals surface area contributed by atoms with Gasteiger partial charge in [0.05, 0.1) is 12.8 Å². The minimum Gasteiger partial charge on any atom is -0.449 e. The molecule has 0 unspecified atom stereocenters. The number of ketones is 4. The van der Waals surface area contributed by atoms with Crippen LogP contribution in [0.25, 0.3) is 0 Å². The SMILES string of the molecule is C[Si](C)(O[Si](C)(C)c1ccc2c(c1)C(=O)CC2=O)c1ccc2c(c1)C(=O)CC2=O. The van der Waals surface area contributed by atoms with Crippen molar-refractivity contribution < 1.29 is 23.3 Å². The molecule has 2 aromatic rings. The molecule has 2 aromatic carbocycles. The van der Waals surface area contributed by atoms with E-state index in [-0.39, 0.29) is 36.0 Å². The molecule has 5 nitrogen and oxygen atoms in total. The smallest absolute Gasteiger partial charge is 0.206 e. The number of rotatable bonds is 4. The highest BCUT2D eigenvalue weighted by Crippen LogP contribution is 2.25. The summed E-state index contributed by atoms with van der Waals surface area (Å²) in [5.41, 5.74) is 2.00. The predicted octanol–water partition coefficient (Wildman–Crippen LogP) is 2.77. The molecule has 0 fully saturated rings. The Morgan fingerprint density at radius 3 is 1.31 bits per heavy atom. The summed E-state index contributed by atoms with van der Waals surface area (Å²) in [5, 5.41) is 1.93. The van der Waals surface area contributed by atoms with Crippen LogP contribution < -0.4 is 10.4 Å². The van der Waals surface area contributed by atoms with E-state index in [1.54, 1.807) is 12.1 Å². The molecule has 0 atom stereocenters. The molecular weight excluding hydrogens is 400 g/mol. The zero-order valence-electron chi connectivity index (χ0n) is 16.9. The zero-order valence-corrected chi connectivity index (χ0v) is 18.9. The van der Waals surface area contributed by atoms with Gasteiger partial charge in [0, 0.05) is 22.3 Å². The van der Waals surface area contributed by atoms with Crippen LogP contribution in [0.5, 0.6) is 0 Å². The van der Waals surface area contributed by atoms with E-state index in [1.165, 1.54) is 0 Å². The first-order chi connectivity index (χ1) is 13.5. The molecule has 0 aliphatic heterocycles. The van der Waals surface area contributed by atoms with Crippen LogP contribution in [0.15, 0.2) is 36.4 Å². The van der Waals surface area contributed by atoms with Crippen LogP contribution in [0.1, 0.15) is 54.3 Å². The second-order valence-corrected chi connectivity index (χ2v) is 16.7. The topological polar surface area (TPSA) is 77.5 Å². The molecule has 148 valence electrons. The molecule has 0 heterocycles. The average molecular weight is 423 g/mol. The molecule has 0 amide bonds. The normalized spacial score (nSPS) is 16.4. The van der Waals surface area contributed by atoms with Gasteiger partial charge >= 0.3 is 0 Å². The van der Waals surface area contributed by atoms with E-state index >= 15 is 0 Å². The van der Waals surface area contributed by atoms with Crippen molar-refractivity contribution in [3.63, 3.8) is 0 Å². The van der Waals surface area contributed by atoms with Crippen LogP contribution in [0.2, 0.25) is 26.2 Å². The van der Waals surface area contributed by atoms with Crippen molar-refractivity contribution in [3.8, 4) is 0 Å². The number of carbonyl (C=O) groups is 4. The van der Waals surface area contributed by atoms with Crippen molar-refractivity contribution in [2.24, 2.45) is 0 Å². The summed E-state index contributed by atoms with van der Waals surface area (Å²) in [5.74, 6) is -0.502. The van der Waals surface area contributed by atoms with E-state index in [0.29, 0.717) is 22.3 Å². The molecule has 0 aromatic heterocycles. The van der Waals surface area contributed by atoms with Gasteiger partial charge in [0.1, 0.15) is 0 Å². The molecule has 2 aliphatic rings. The maximum atomic E-state index is 12.1. The molecular formula is C22H22O5Si2. The number of Topliss-reactive ketones (excluding diaryl/α,β-unsaturated/α-hetero) is 4. The lowest BCUT2D eigenvalue weighted by Crippen LogP contribution is -2.57. The van der Waals surface area contributed by atoms with Gasteiger partial charge in [-0.05, 0) is 48.7 Å². The van der Waals surface area contributed by atoms with Crippen molar-refractivity contribution in [2.45, 2.75) is 39.0 Å². The van der Waals surface area contributed by atoms with Crippen molar-refractivity contribution in [1.29, 1.82) is 0 Å². The van der Waals surface area contributed by atoms with Crippen molar-refractivity contribution in [3.05, 3.63) is 58.7 Å². The van der Waals surface area contributed by atoms with Crippen molar-refractivity contribution in [1.82, 2.24) is 0 Å². The molecule has 7 heteroatoms. The lowest BCUT2D eigenvalue weighted by atomic mass is 10.1. The van der Waals surface area contributed by atoms with Crippen LogP contribution in [-0.4, -0.2) is 39.8 Å². The summed E-state index contributed by atoms with van der Waals surface area (Å²) >= 11 is 0. The van der Waals surface area contributed by atoms with Crippen LogP contribution in [-0.2, 0) is 4.12 Å². The third-order valence-corrected chi connectivity index (χ3v) is 13.3. The van der Waals surface area contributed by atoms with Crippen LogP contribution in [0.4, 0.5) is 0 Å². The summed E-state index contributed by atoms with van der Waals surface area (Å²) in [4.78, 5) is 48.1. The van der Waals surface area contributed by atoms with Gasteiger partial charge in [0.2, 0.25) is 16.6 Å². The van der Waals surface area contributed by atoms with E-state index in [9.17, 15) is 19.2 Å². The Hall–Kier alpha value is -2.49. The maximum absolute atomic E-state index is 12.1. The quantitative estimate of drug-likeness (QED) is 0.559. The summed E-state index contributed by atoms with van der Waals surface area (Å²) in [6.07, 6.45) is -0.104. The first kappa shape index (κ1) is 19.8. The Balaban J connectivity index is 1.66. The third-order valence-electron chi connectivity index (χ3n) is 5.78. The second-order valence-electron chi connectivity index (χ2n) is 8.69. The Morgan fingerprint density at radius 1 is 0.586 bits per heavy atom. The molecule has 0 spiro atoms. The Kier molecular flexibility index (Phi) is 4.45. The molecule has 4 rings (SSSR count). The number of hydrogen-bond acceptors (Lipinski definition) is 5. The molecule has 0 saturated heterocycles. The Bertz CT molecular complexity index is 1030. The molecule has 0 saturated carbocycles. The monoisotopic (exact) mass is 422 g/mol. The van der Waals surface area contributed by atoms with E-state index in [1.807, 2.05) is 24.3 Å². The van der Waals surface area contributed by atoms with E-state index in [2.05, 4.69) is 26.2 Å². The van der Waals surface area contributed by atoms with E-state index < -0.39 is 16.6 Å². The first-order valence-corrected chi connectivity index (χ1v) is 15.4.